The summed E-state index contributed by atoms with van der Waals surface area (Å²) in [5.74, 6) is 0. The summed E-state index contributed by atoms with van der Waals surface area (Å²) < 4.78 is 0.835. The maximum absolute atomic E-state index is 6.02. The zero-order valence-electron chi connectivity index (χ0n) is 10.1. The summed E-state index contributed by atoms with van der Waals surface area (Å²) in [5, 5.41) is 4.62. The van der Waals surface area contributed by atoms with Crippen LogP contribution in [0.5, 0.6) is 0 Å². The zero-order valence-corrected chi connectivity index (χ0v) is 12.5. The van der Waals surface area contributed by atoms with E-state index in [1.54, 1.807) is 22.7 Å². The third-order valence-electron chi connectivity index (χ3n) is 2.49. The molecule has 0 saturated heterocycles. The molecule has 2 rings (SSSR count). The van der Waals surface area contributed by atoms with Gasteiger partial charge in [-0.3, -0.25) is 0 Å². The van der Waals surface area contributed by atoms with Gasteiger partial charge in [0.05, 0.1) is 21.1 Å². The standard InChI is InChI=1S/C12H15ClN2S2/c1-4-14-11(9-5-6-10(13)17-9)12-7(2)15-8(3)16-12/h5-6,11,14H,4H2,1-3H3. The van der Waals surface area contributed by atoms with E-state index in [-0.39, 0.29) is 6.04 Å². The Bertz CT molecular complexity index is 504. The van der Waals surface area contributed by atoms with Crippen LogP contribution in [0.1, 0.15) is 33.4 Å². The molecule has 0 fully saturated rings. The van der Waals surface area contributed by atoms with Gasteiger partial charge in [-0.15, -0.1) is 22.7 Å². The predicted molar refractivity (Wildman–Crippen MR) is 76.4 cm³/mol. The smallest absolute Gasteiger partial charge is 0.0931 e. The summed E-state index contributed by atoms with van der Waals surface area (Å²) >= 11 is 9.40. The van der Waals surface area contributed by atoms with Crippen LogP contribution in [-0.2, 0) is 0 Å². The molecule has 0 aromatic carbocycles. The fourth-order valence-corrected chi connectivity index (χ4v) is 4.07. The number of aromatic nitrogens is 1. The normalized spacial score (nSPS) is 12.9. The van der Waals surface area contributed by atoms with Crippen molar-refractivity contribution in [2.24, 2.45) is 0 Å². The Morgan fingerprint density at radius 3 is 2.59 bits per heavy atom. The van der Waals surface area contributed by atoms with Crippen LogP contribution in [0.15, 0.2) is 12.1 Å². The quantitative estimate of drug-likeness (QED) is 0.912. The Balaban J connectivity index is 2.38. The van der Waals surface area contributed by atoms with Crippen molar-refractivity contribution in [3.63, 3.8) is 0 Å². The number of thiophene rings is 1. The second-order valence-corrected chi connectivity index (χ2v) is 6.80. The molecule has 5 heteroatoms. The largest absolute Gasteiger partial charge is 0.305 e. The van der Waals surface area contributed by atoms with E-state index in [1.807, 2.05) is 13.0 Å². The molecule has 1 N–H and O–H groups in total. The Kier molecular flexibility index (Phi) is 4.20. The van der Waals surface area contributed by atoms with Crippen LogP contribution in [-0.4, -0.2) is 11.5 Å². The Morgan fingerprint density at radius 2 is 2.12 bits per heavy atom. The molecule has 0 aliphatic rings. The molecule has 2 nitrogen and oxygen atoms in total. The second-order valence-electron chi connectivity index (χ2n) is 3.82. The molecular formula is C12H15ClN2S2. The summed E-state index contributed by atoms with van der Waals surface area (Å²) in [6.07, 6.45) is 0. The molecule has 0 aliphatic carbocycles. The lowest BCUT2D eigenvalue weighted by atomic mass is 10.2. The van der Waals surface area contributed by atoms with Crippen LogP contribution in [0.3, 0.4) is 0 Å². The van der Waals surface area contributed by atoms with Crippen molar-refractivity contribution in [1.29, 1.82) is 0 Å². The van der Waals surface area contributed by atoms with Gasteiger partial charge in [0.25, 0.3) is 0 Å². The van der Waals surface area contributed by atoms with Crippen LogP contribution in [0.2, 0.25) is 4.34 Å². The highest BCUT2D eigenvalue weighted by Crippen LogP contribution is 2.35. The van der Waals surface area contributed by atoms with Crippen LogP contribution in [0.25, 0.3) is 0 Å². The highest BCUT2D eigenvalue weighted by atomic mass is 35.5. The van der Waals surface area contributed by atoms with Crippen molar-refractivity contribution in [3.05, 3.63) is 36.9 Å². The maximum Gasteiger partial charge on any atom is 0.0931 e. The van der Waals surface area contributed by atoms with Crippen LogP contribution >= 0.6 is 34.3 Å². The van der Waals surface area contributed by atoms with Crippen LogP contribution in [0, 0.1) is 13.8 Å². The van der Waals surface area contributed by atoms with E-state index in [0.29, 0.717) is 0 Å². The van der Waals surface area contributed by atoms with Crippen LogP contribution < -0.4 is 5.32 Å². The monoisotopic (exact) mass is 286 g/mol. The van der Waals surface area contributed by atoms with E-state index in [2.05, 4.69) is 30.2 Å². The van der Waals surface area contributed by atoms with E-state index in [0.717, 1.165) is 21.6 Å². The number of nitrogens with zero attached hydrogens (tertiary/aromatic N) is 1. The van der Waals surface area contributed by atoms with Gasteiger partial charge in [-0.05, 0) is 32.5 Å². The molecule has 0 spiro atoms. The Labute approximate surface area is 115 Å². The van der Waals surface area contributed by atoms with Gasteiger partial charge in [0.15, 0.2) is 0 Å². The molecule has 2 aromatic rings. The third kappa shape index (κ3) is 2.88. The molecule has 2 heterocycles. The van der Waals surface area contributed by atoms with E-state index in [4.69, 9.17) is 11.6 Å². The Morgan fingerprint density at radius 1 is 1.35 bits per heavy atom. The van der Waals surface area contributed by atoms with Crippen molar-refractivity contribution in [3.8, 4) is 0 Å². The molecule has 0 radical (unpaired) electrons. The summed E-state index contributed by atoms with van der Waals surface area (Å²) in [6, 6.07) is 4.27. The van der Waals surface area contributed by atoms with Gasteiger partial charge in [-0.2, -0.15) is 0 Å². The van der Waals surface area contributed by atoms with Crippen LogP contribution in [0.4, 0.5) is 0 Å². The molecule has 2 aromatic heterocycles. The topological polar surface area (TPSA) is 24.9 Å². The number of thiazole rings is 1. The number of nitrogens with one attached hydrogen (secondary N) is 1. The zero-order chi connectivity index (χ0) is 12.4. The number of halogens is 1. The van der Waals surface area contributed by atoms with Gasteiger partial charge in [-0.1, -0.05) is 18.5 Å². The SMILES string of the molecule is CCNC(c1ccc(Cl)s1)c1sc(C)nc1C. The van der Waals surface area contributed by atoms with Crippen molar-refractivity contribution < 1.29 is 0 Å². The molecule has 1 atom stereocenters. The minimum atomic E-state index is 0.226. The van der Waals surface area contributed by atoms with E-state index in [1.165, 1.54) is 9.75 Å². The average Bonchev–Trinajstić information content (AvgIpc) is 2.82. The summed E-state index contributed by atoms with van der Waals surface area (Å²) in [7, 11) is 0. The fraction of sp³-hybridized carbons (Fsp3) is 0.417. The maximum atomic E-state index is 6.02. The van der Waals surface area contributed by atoms with Gasteiger partial charge >= 0.3 is 0 Å². The molecule has 0 amide bonds. The lowest BCUT2D eigenvalue weighted by Gasteiger charge is -2.15. The average molecular weight is 287 g/mol. The summed E-state index contributed by atoms with van der Waals surface area (Å²) in [5.41, 5.74) is 1.11. The highest BCUT2D eigenvalue weighted by Gasteiger charge is 2.20. The van der Waals surface area contributed by atoms with Crippen molar-refractivity contribution in [2.75, 3.05) is 6.54 Å². The number of hydrogen-bond acceptors (Lipinski definition) is 4. The predicted octanol–water partition coefficient (Wildman–Crippen LogP) is 4.17. The van der Waals surface area contributed by atoms with E-state index in [9.17, 15) is 0 Å². The van der Waals surface area contributed by atoms with Gasteiger partial charge in [0.2, 0.25) is 0 Å². The van der Waals surface area contributed by atoms with Crippen molar-refractivity contribution in [1.82, 2.24) is 10.3 Å². The third-order valence-corrected chi connectivity index (χ3v) is 4.92. The lowest BCUT2D eigenvalue weighted by Crippen LogP contribution is -2.20. The number of rotatable bonds is 4. The first kappa shape index (κ1) is 13.0. The Hall–Kier alpha value is -0.420. The van der Waals surface area contributed by atoms with Gasteiger partial charge < -0.3 is 5.32 Å². The molecule has 1 unspecified atom stereocenters. The van der Waals surface area contributed by atoms with Gasteiger partial charge in [0, 0.05) is 9.75 Å². The molecule has 17 heavy (non-hydrogen) atoms. The fourth-order valence-electron chi connectivity index (χ4n) is 1.82. The van der Waals surface area contributed by atoms with Gasteiger partial charge in [-0.25, -0.2) is 4.98 Å². The lowest BCUT2D eigenvalue weighted by molar-refractivity contribution is 0.644. The second kappa shape index (κ2) is 5.48. The summed E-state index contributed by atoms with van der Waals surface area (Å²) in [4.78, 5) is 7.04. The summed E-state index contributed by atoms with van der Waals surface area (Å²) in [6.45, 7) is 7.16. The molecule has 92 valence electrons. The number of aryl methyl sites for hydroxylation is 2. The first-order chi connectivity index (χ1) is 8.11. The first-order valence-corrected chi connectivity index (χ1v) is 7.55. The highest BCUT2D eigenvalue weighted by molar-refractivity contribution is 7.16. The first-order valence-electron chi connectivity index (χ1n) is 5.54. The minimum absolute atomic E-state index is 0.226. The molecular weight excluding hydrogens is 272 g/mol. The minimum Gasteiger partial charge on any atom is -0.305 e. The van der Waals surface area contributed by atoms with Gasteiger partial charge in [0.1, 0.15) is 0 Å². The van der Waals surface area contributed by atoms with Crippen molar-refractivity contribution in [2.45, 2.75) is 26.8 Å². The molecule has 0 aliphatic heterocycles. The molecule has 0 bridgehead atoms. The van der Waals surface area contributed by atoms with E-state index < -0.39 is 0 Å². The van der Waals surface area contributed by atoms with Crippen molar-refractivity contribution >= 4 is 34.3 Å². The number of hydrogen-bond donors (Lipinski definition) is 1. The molecule has 0 saturated carbocycles. The van der Waals surface area contributed by atoms with E-state index >= 15 is 0 Å².